The Bertz CT molecular complexity index is 27.9. The summed E-state index contributed by atoms with van der Waals surface area (Å²) in [5.41, 5.74) is 0. The molecule has 0 amide bonds. The second kappa shape index (κ2) is 133. The molecule has 0 fully saturated rings. The van der Waals surface area contributed by atoms with E-state index in [0.29, 0.717) is 0 Å². The van der Waals surface area contributed by atoms with Gasteiger partial charge in [-0.05, 0) is 0 Å². The standard InChI is InChI=1S/C2H6.CHNO/c1-2;2-1-3/h1-2H3;2H. The molecule has 0 radical (unpaired) electrons. The van der Waals surface area contributed by atoms with Crippen molar-refractivity contribution in [3.8, 4) is 0 Å². The quantitative estimate of drug-likeness (QED) is 0.336. The number of nitrogens with one attached hydrogen (secondary N) is 1. The van der Waals surface area contributed by atoms with Crippen LogP contribution in [0.25, 0.3) is 0 Å². The van der Waals surface area contributed by atoms with Gasteiger partial charge in [-0.15, -0.1) is 0 Å². The van der Waals surface area contributed by atoms with E-state index in [-0.39, 0.29) is 0 Å². The largest absolute Gasteiger partial charge is 0.231 e. The highest BCUT2D eigenvalue weighted by Gasteiger charge is 1.03. The maximum Gasteiger partial charge on any atom is 0.231 e. The van der Waals surface area contributed by atoms with Gasteiger partial charge in [0.25, 0.3) is 0 Å². The van der Waals surface area contributed by atoms with E-state index in [1.165, 1.54) is 0 Å². The van der Waals surface area contributed by atoms with Crippen LogP contribution in [0.2, 0.25) is 0 Å². The summed E-state index contributed by atoms with van der Waals surface area (Å²) in [7, 11) is 0. The normalized spacial score (nSPS) is 2.80. The first-order valence-electron chi connectivity index (χ1n) is 1.45. The van der Waals surface area contributed by atoms with Gasteiger partial charge in [0.1, 0.15) is 0 Å². The highest BCUT2D eigenvalue weighted by molar-refractivity contribution is 5.26. The van der Waals surface area contributed by atoms with Crippen molar-refractivity contribution in [2.24, 2.45) is 0 Å². The van der Waals surface area contributed by atoms with Crippen LogP contribution in [-0.2, 0) is 4.79 Å². The fourth-order valence-corrected chi connectivity index (χ4v) is 0. The molecule has 0 saturated carbocycles. The third-order valence-electron chi connectivity index (χ3n) is 0. The van der Waals surface area contributed by atoms with Gasteiger partial charge in [-0.3, -0.25) is 0 Å². The van der Waals surface area contributed by atoms with Gasteiger partial charge in [-0.25, -0.2) is 10.2 Å². The summed E-state index contributed by atoms with van der Waals surface area (Å²) in [6, 6.07) is 0. The molecule has 1 N–H and O–H groups in total. The molecule has 0 rings (SSSR count). The van der Waals surface area contributed by atoms with Crippen molar-refractivity contribution in [2.45, 2.75) is 13.8 Å². The molecule has 0 atom stereocenters. The summed E-state index contributed by atoms with van der Waals surface area (Å²) in [6.45, 7) is 4.00. The zero-order valence-corrected chi connectivity index (χ0v) is 3.41. The molecule has 0 heterocycles. The second-order valence-corrected chi connectivity index (χ2v) is 0.102. The Labute approximate surface area is 31.3 Å². The summed E-state index contributed by atoms with van der Waals surface area (Å²) in [6.07, 6.45) is 0.750. The van der Waals surface area contributed by atoms with Gasteiger partial charge >= 0.3 is 0 Å². The molecule has 0 aromatic heterocycles. The summed E-state index contributed by atoms with van der Waals surface area (Å²) in [4.78, 5) is 8.35. The summed E-state index contributed by atoms with van der Waals surface area (Å²) < 4.78 is 0. The third-order valence-corrected chi connectivity index (χ3v) is 0. The van der Waals surface area contributed by atoms with Crippen LogP contribution in [0.5, 0.6) is 0 Å². The molecule has 5 heavy (non-hydrogen) atoms. The molecular formula is C3H7NO. The average Bonchev–Trinajstić information content (AvgIpc) is 1.46. The van der Waals surface area contributed by atoms with Crippen LogP contribution in [0.3, 0.4) is 0 Å². The van der Waals surface area contributed by atoms with Gasteiger partial charge < -0.3 is 0 Å². The first kappa shape index (κ1) is 8.83. The first-order chi connectivity index (χ1) is 2.41. The van der Waals surface area contributed by atoms with E-state index in [1.807, 2.05) is 13.8 Å². The van der Waals surface area contributed by atoms with E-state index in [1.54, 1.807) is 0 Å². The monoisotopic (exact) mass is 73.1 g/mol. The van der Waals surface area contributed by atoms with Crippen molar-refractivity contribution in [1.29, 1.82) is 5.41 Å². The van der Waals surface area contributed by atoms with Crippen LogP contribution in [0.1, 0.15) is 13.8 Å². The minimum Gasteiger partial charge on any atom is -0.222 e. The molecule has 2 nitrogen and oxygen atoms in total. The third kappa shape index (κ3) is 16.7. The molecule has 0 saturated heterocycles. The number of isocyanates is 1. The molecule has 0 bridgehead atoms. The average molecular weight is 73.1 g/mol. The Morgan fingerprint density at radius 3 is 1.60 bits per heavy atom. The summed E-state index contributed by atoms with van der Waals surface area (Å²) in [5, 5.41) is 5.40. The van der Waals surface area contributed by atoms with E-state index < -0.39 is 0 Å². The molecule has 0 aliphatic carbocycles. The molecule has 0 aliphatic heterocycles. The Hall–Kier alpha value is -0.620. The Morgan fingerprint density at radius 2 is 1.60 bits per heavy atom. The first-order valence-corrected chi connectivity index (χ1v) is 1.45. The number of hydrogen-bond acceptors (Lipinski definition) is 2. The molecule has 0 aliphatic rings. The maximum atomic E-state index is 8.35. The fourth-order valence-electron chi connectivity index (χ4n) is 0. The van der Waals surface area contributed by atoms with E-state index in [4.69, 9.17) is 10.2 Å². The van der Waals surface area contributed by atoms with Gasteiger partial charge in [0.2, 0.25) is 6.08 Å². The Balaban J connectivity index is 0. The molecule has 0 aromatic rings. The lowest BCUT2D eigenvalue weighted by Crippen LogP contribution is -1.16. The van der Waals surface area contributed by atoms with Crippen LogP contribution in [0.15, 0.2) is 0 Å². The van der Waals surface area contributed by atoms with E-state index in [0.717, 1.165) is 6.08 Å². The smallest absolute Gasteiger partial charge is 0.222 e. The Kier molecular flexibility index (Phi) is 234. The lowest BCUT2D eigenvalue weighted by molar-refractivity contribution is 0.563. The van der Waals surface area contributed by atoms with Crippen molar-refractivity contribution in [3.63, 3.8) is 0 Å². The van der Waals surface area contributed by atoms with Crippen molar-refractivity contribution < 1.29 is 4.79 Å². The van der Waals surface area contributed by atoms with Gasteiger partial charge in [0.05, 0.1) is 0 Å². The lowest BCUT2D eigenvalue weighted by atomic mass is 11.0. The van der Waals surface area contributed by atoms with Crippen LogP contribution in [0.4, 0.5) is 0 Å². The second-order valence-electron chi connectivity index (χ2n) is 0.102. The minimum absolute atomic E-state index is 0.750. The molecule has 0 aromatic carbocycles. The molecular weight excluding hydrogens is 66.0 g/mol. The minimum atomic E-state index is 0.750. The predicted octanol–water partition coefficient (Wildman–Crippen LogP) is 0.927. The highest BCUT2D eigenvalue weighted by Crippen LogP contribution is 1.14. The predicted molar refractivity (Wildman–Crippen MR) is 19.8 cm³/mol. The summed E-state index contributed by atoms with van der Waals surface area (Å²) >= 11 is 0. The van der Waals surface area contributed by atoms with Crippen LogP contribution < -0.4 is 0 Å². The van der Waals surface area contributed by atoms with Gasteiger partial charge in [-0.2, -0.15) is 0 Å². The van der Waals surface area contributed by atoms with E-state index in [2.05, 4.69) is 0 Å². The van der Waals surface area contributed by atoms with Crippen LogP contribution in [0, 0.1) is 5.41 Å². The molecule has 0 spiro atoms. The van der Waals surface area contributed by atoms with Crippen LogP contribution >= 0.6 is 0 Å². The summed E-state index contributed by atoms with van der Waals surface area (Å²) in [5.74, 6) is 0. The van der Waals surface area contributed by atoms with E-state index >= 15 is 0 Å². The topological polar surface area (TPSA) is 40.9 Å². The molecule has 30 valence electrons. The van der Waals surface area contributed by atoms with Gasteiger partial charge in [0.15, 0.2) is 0 Å². The highest BCUT2D eigenvalue weighted by atomic mass is 16.1. The lowest BCUT2D eigenvalue weighted by Gasteiger charge is -1.07. The fraction of sp³-hybridized carbons (Fsp3) is 0.667. The number of rotatable bonds is 0. The van der Waals surface area contributed by atoms with Crippen molar-refractivity contribution in [1.82, 2.24) is 0 Å². The molecule has 0 unspecified atom stereocenters. The number of hydrogen-bond donors (Lipinski definition) is 1. The van der Waals surface area contributed by atoms with Gasteiger partial charge in [0, 0.05) is 0 Å². The Morgan fingerprint density at radius 1 is 1.60 bits per heavy atom. The van der Waals surface area contributed by atoms with Crippen molar-refractivity contribution >= 4 is 6.08 Å². The van der Waals surface area contributed by atoms with Crippen molar-refractivity contribution in [3.05, 3.63) is 0 Å². The zero-order valence-electron chi connectivity index (χ0n) is 3.41. The van der Waals surface area contributed by atoms with E-state index in [9.17, 15) is 0 Å². The SMILES string of the molecule is CC.N=C=O. The van der Waals surface area contributed by atoms with Crippen molar-refractivity contribution in [2.75, 3.05) is 0 Å². The maximum absolute atomic E-state index is 8.35. The van der Waals surface area contributed by atoms with Crippen LogP contribution in [-0.4, -0.2) is 6.08 Å². The number of carbonyl (C=O) groups excluding carboxylic acids is 1. The zero-order chi connectivity index (χ0) is 4.71. The molecule has 2 heteroatoms. The van der Waals surface area contributed by atoms with Gasteiger partial charge in [-0.1, -0.05) is 13.8 Å².